The van der Waals surface area contributed by atoms with Gasteiger partial charge in [-0.1, -0.05) is 13.8 Å². The van der Waals surface area contributed by atoms with Crippen molar-refractivity contribution in [3.63, 3.8) is 0 Å². The summed E-state index contributed by atoms with van der Waals surface area (Å²) in [5.74, 6) is 0. The fourth-order valence-electron chi connectivity index (χ4n) is 2.13. The lowest BCUT2D eigenvalue weighted by Crippen LogP contribution is -2.31. The molecule has 0 aromatic carbocycles. The highest BCUT2D eigenvalue weighted by atomic mass is 16.5. The van der Waals surface area contributed by atoms with Gasteiger partial charge in [-0.25, -0.2) is 0 Å². The molecular formula is C11H24N2O. The summed E-state index contributed by atoms with van der Waals surface area (Å²) < 4.78 is 5.31. The minimum absolute atomic E-state index is 0.537. The van der Waals surface area contributed by atoms with Gasteiger partial charge in [0.25, 0.3) is 0 Å². The molecule has 0 saturated heterocycles. The Kier molecular flexibility index (Phi) is 4.85. The second kappa shape index (κ2) is 5.69. The zero-order chi connectivity index (χ0) is 10.4. The SMILES string of the molecule is CC1(C)CCC(NCCOCCN)C1. The van der Waals surface area contributed by atoms with Crippen molar-refractivity contribution in [1.29, 1.82) is 0 Å². The molecule has 84 valence electrons. The van der Waals surface area contributed by atoms with E-state index >= 15 is 0 Å². The molecular weight excluding hydrogens is 176 g/mol. The van der Waals surface area contributed by atoms with Crippen LogP contribution < -0.4 is 11.1 Å². The fourth-order valence-corrected chi connectivity index (χ4v) is 2.13. The van der Waals surface area contributed by atoms with Gasteiger partial charge >= 0.3 is 0 Å². The molecule has 3 heteroatoms. The molecule has 1 atom stereocenters. The zero-order valence-corrected chi connectivity index (χ0v) is 9.51. The lowest BCUT2D eigenvalue weighted by Gasteiger charge is -2.17. The number of nitrogens with one attached hydrogen (secondary N) is 1. The Labute approximate surface area is 87.4 Å². The first kappa shape index (κ1) is 12.0. The van der Waals surface area contributed by atoms with Gasteiger partial charge in [0.05, 0.1) is 13.2 Å². The summed E-state index contributed by atoms with van der Waals surface area (Å²) in [6.45, 7) is 7.74. The van der Waals surface area contributed by atoms with Crippen LogP contribution in [0, 0.1) is 5.41 Å². The van der Waals surface area contributed by atoms with E-state index in [1.807, 2.05) is 0 Å². The van der Waals surface area contributed by atoms with E-state index in [9.17, 15) is 0 Å². The molecule has 0 bridgehead atoms. The van der Waals surface area contributed by atoms with Gasteiger partial charge in [-0.2, -0.15) is 0 Å². The monoisotopic (exact) mass is 200 g/mol. The fraction of sp³-hybridized carbons (Fsp3) is 1.00. The van der Waals surface area contributed by atoms with Gasteiger partial charge in [0, 0.05) is 19.1 Å². The Morgan fingerprint density at radius 1 is 1.43 bits per heavy atom. The van der Waals surface area contributed by atoms with Crippen molar-refractivity contribution in [1.82, 2.24) is 5.32 Å². The molecule has 14 heavy (non-hydrogen) atoms. The van der Waals surface area contributed by atoms with E-state index in [4.69, 9.17) is 10.5 Å². The number of ether oxygens (including phenoxy) is 1. The molecule has 1 aliphatic carbocycles. The van der Waals surface area contributed by atoms with Gasteiger partial charge in [0.15, 0.2) is 0 Å². The first-order valence-corrected chi connectivity index (χ1v) is 5.65. The molecule has 0 heterocycles. The smallest absolute Gasteiger partial charge is 0.0591 e. The quantitative estimate of drug-likeness (QED) is 0.632. The Balaban J connectivity index is 1.98. The molecule has 3 nitrogen and oxygen atoms in total. The third kappa shape index (κ3) is 4.40. The maximum atomic E-state index is 5.32. The summed E-state index contributed by atoms with van der Waals surface area (Å²) in [5.41, 5.74) is 5.86. The van der Waals surface area contributed by atoms with E-state index in [-0.39, 0.29) is 0 Å². The summed E-state index contributed by atoms with van der Waals surface area (Å²) in [6, 6.07) is 0.700. The Hall–Kier alpha value is -0.120. The van der Waals surface area contributed by atoms with Crippen molar-refractivity contribution in [2.75, 3.05) is 26.3 Å². The van der Waals surface area contributed by atoms with Gasteiger partial charge in [-0.15, -0.1) is 0 Å². The number of rotatable bonds is 6. The van der Waals surface area contributed by atoms with Crippen LogP contribution in [0.3, 0.4) is 0 Å². The van der Waals surface area contributed by atoms with Crippen LogP contribution in [-0.2, 0) is 4.74 Å². The van der Waals surface area contributed by atoms with Crippen LogP contribution in [0.1, 0.15) is 33.1 Å². The summed E-state index contributed by atoms with van der Waals surface area (Å²) in [6.07, 6.45) is 3.95. The first-order valence-electron chi connectivity index (χ1n) is 5.65. The van der Waals surface area contributed by atoms with Crippen molar-refractivity contribution in [2.45, 2.75) is 39.2 Å². The number of hydrogen-bond donors (Lipinski definition) is 2. The Morgan fingerprint density at radius 3 is 2.79 bits per heavy atom. The highest BCUT2D eigenvalue weighted by molar-refractivity contribution is 4.86. The molecule has 0 radical (unpaired) electrons. The second-order valence-corrected chi connectivity index (χ2v) is 4.96. The lowest BCUT2D eigenvalue weighted by atomic mass is 9.92. The summed E-state index contributed by atoms with van der Waals surface area (Å²) in [7, 11) is 0. The topological polar surface area (TPSA) is 47.3 Å². The normalized spacial score (nSPS) is 25.5. The van der Waals surface area contributed by atoms with Gasteiger partial charge < -0.3 is 15.8 Å². The van der Waals surface area contributed by atoms with E-state index in [1.54, 1.807) is 0 Å². The van der Waals surface area contributed by atoms with Gasteiger partial charge in [-0.3, -0.25) is 0 Å². The number of hydrogen-bond acceptors (Lipinski definition) is 3. The van der Waals surface area contributed by atoms with E-state index < -0.39 is 0 Å². The molecule has 1 rings (SSSR count). The highest BCUT2D eigenvalue weighted by Gasteiger charge is 2.30. The van der Waals surface area contributed by atoms with E-state index in [0.29, 0.717) is 24.6 Å². The number of nitrogens with two attached hydrogens (primary N) is 1. The standard InChI is InChI=1S/C11H24N2O/c1-11(2)4-3-10(9-11)13-6-8-14-7-5-12/h10,13H,3-9,12H2,1-2H3. The van der Waals surface area contributed by atoms with Crippen molar-refractivity contribution in [2.24, 2.45) is 11.1 Å². The van der Waals surface area contributed by atoms with Gasteiger partial charge in [-0.05, 0) is 24.7 Å². The van der Waals surface area contributed by atoms with Gasteiger partial charge in [0.2, 0.25) is 0 Å². The third-order valence-corrected chi connectivity index (χ3v) is 2.91. The van der Waals surface area contributed by atoms with Crippen molar-refractivity contribution < 1.29 is 4.74 Å². The zero-order valence-electron chi connectivity index (χ0n) is 9.51. The predicted octanol–water partition coefficient (Wildman–Crippen LogP) is 1.13. The lowest BCUT2D eigenvalue weighted by molar-refractivity contribution is 0.140. The van der Waals surface area contributed by atoms with Crippen LogP contribution in [0.25, 0.3) is 0 Å². The first-order chi connectivity index (χ1) is 6.64. The highest BCUT2D eigenvalue weighted by Crippen LogP contribution is 2.36. The van der Waals surface area contributed by atoms with Crippen LogP contribution in [0.2, 0.25) is 0 Å². The van der Waals surface area contributed by atoms with E-state index in [0.717, 1.165) is 13.2 Å². The van der Waals surface area contributed by atoms with Crippen molar-refractivity contribution in [3.05, 3.63) is 0 Å². The largest absolute Gasteiger partial charge is 0.379 e. The molecule has 0 amide bonds. The van der Waals surface area contributed by atoms with Gasteiger partial charge in [0.1, 0.15) is 0 Å². The van der Waals surface area contributed by atoms with Crippen LogP contribution in [0.4, 0.5) is 0 Å². The minimum Gasteiger partial charge on any atom is -0.379 e. The van der Waals surface area contributed by atoms with Crippen molar-refractivity contribution in [3.8, 4) is 0 Å². The van der Waals surface area contributed by atoms with Crippen LogP contribution >= 0.6 is 0 Å². The third-order valence-electron chi connectivity index (χ3n) is 2.91. The van der Waals surface area contributed by atoms with E-state index in [1.165, 1.54) is 19.3 Å². The summed E-state index contributed by atoms with van der Waals surface area (Å²) >= 11 is 0. The van der Waals surface area contributed by atoms with E-state index in [2.05, 4.69) is 19.2 Å². The minimum atomic E-state index is 0.537. The maximum absolute atomic E-state index is 5.32. The molecule has 1 aliphatic rings. The molecule has 1 unspecified atom stereocenters. The molecule has 3 N–H and O–H groups in total. The molecule has 1 saturated carbocycles. The molecule has 0 spiro atoms. The molecule has 0 aromatic rings. The molecule has 0 aliphatic heterocycles. The molecule has 1 fully saturated rings. The Bertz CT molecular complexity index is 159. The predicted molar refractivity (Wildman–Crippen MR) is 59.3 cm³/mol. The Morgan fingerprint density at radius 2 is 2.21 bits per heavy atom. The van der Waals surface area contributed by atoms with Crippen LogP contribution in [0.15, 0.2) is 0 Å². The van der Waals surface area contributed by atoms with Crippen LogP contribution in [0.5, 0.6) is 0 Å². The van der Waals surface area contributed by atoms with Crippen LogP contribution in [-0.4, -0.2) is 32.3 Å². The molecule has 0 aromatic heterocycles. The van der Waals surface area contributed by atoms with Crippen molar-refractivity contribution >= 4 is 0 Å². The average molecular weight is 200 g/mol. The summed E-state index contributed by atoms with van der Waals surface area (Å²) in [5, 5.41) is 3.53. The second-order valence-electron chi connectivity index (χ2n) is 4.96. The maximum Gasteiger partial charge on any atom is 0.0591 e. The summed E-state index contributed by atoms with van der Waals surface area (Å²) in [4.78, 5) is 0. The average Bonchev–Trinajstić information content (AvgIpc) is 2.45.